The van der Waals surface area contributed by atoms with Crippen molar-refractivity contribution in [2.45, 2.75) is 0 Å². The lowest BCUT2D eigenvalue weighted by Gasteiger charge is -1.70. The molecule has 0 bridgehead atoms. The van der Waals surface area contributed by atoms with Crippen molar-refractivity contribution in [1.29, 1.82) is 0 Å². The molecule has 0 radical (unpaired) electrons. The highest BCUT2D eigenvalue weighted by atomic mass is 79.9. The minimum atomic E-state index is 0.705. The maximum absolute atomic E-state index is 5.13. The SMILES string of the molecule is Brc1cc2occc2o1. The van der Waals surface area contributed by atoms with Crippen molar-refractivity contribution < 1.29 is 8.83 Å². The van der Waals surface area contributed by atoms with Crippen LogP contribution in [0.2, 0.25) is 0 Å². The van der Waals surface area contributed by atoms with Crippen LogP contribution in [0.3, 0.4) is 0 Å². The van der Waals surface area contributed by atoms with Gasteiger partial charge in [-0.3, -0.25) is 0 Å². The lowest BCUT2D eigenvalue weighted by Crippen LogP contribution is -1.41. The van der Waals surface area contributed by atoms with Gasteiger partial charge in [-0.2, -0.15) is 0 Å². The minimum absolute atomic E-state index is 0.705. The molecule has 0 atom stereocenters. The summed E-state index contributed by atoms with van der Waals surface area (Å²) in [5.74, 6) is 0. The summed E-state index contributed by atoms with van der Waals surface area (Å²) in [5, 5.41) is 0. The van der Waals surface area contributed by atoms with Gasteiger partial charge in [-0.15, -0.1) is 0 Å². The second-order valence-electron chi connectivity index (χ2n) is 1.70. The molecule has 0 saturated carbocycles. The standard InChI is InChI=1S/C6H3BrO2/c7-6-3-5-4(9-6)1-2-8-5/h1-3H. The molecule has 0 saturated heterocycles. The van der Waals surface area contributed by atoms with Crippen LogP contribution >= 0.6 is 15.9 Å². The van der Waals surface area contributed by atoms with Gasteiger partial charge in [0.2, 0.25) is 0 Å². The van der Waals surface area contributed by atoms with E-state index in [0.29, 0.717) is 4.67 Å². The summed E-state index contributed by atoms with van der Waals surface area (Å²) in [6.07, 6.45) is 1.60. The molecule has 0 spiro atoms. The molecule has 2 aromatic heterocycles. The third kappa shape index (κ3) is 0.685. The molecule has 0 N–H and O–H groups in total. The zero-order valence-electron chi connectivity index (χ0n) is 4.43. The lowest BCUT2D eigenvalue weighted by atomic mass is 10.5. The minimum Gasteiger partial charge on any atom is -0.461 e. The Morgan fingerprint density at radius 3 is 3.00 bits per heavy atom. The van der Waals surface area contributed by atoms with Gasteiger partial charge < -0.3 is 8.83 Å². The van der Waals surface area contributed by atoms with Gasteiger partial charge in [0, 0.05) is 12.1 Å². The molecule has 2 heterocycles. The Hall–Kier alpha value is -0.700. The van der Waals surface area contributed by atoms with E-state index in [1.165, 1.54) is 0 Å². The van der Waals surface area contributed by atoms with Gasteiger partial charge in [0.15, 0.2) is 15.8 Å². The first-order valence-corrected chi connectivity index (χ1v) is 3.28. The summed E-state index contributed by atoms with van der Waals surface area (Å²) in [5.41, 5.74) is 1.56. The van der Waals surface area contributed by atoms with E-state index < -0.39 is 0 Å². The fourth-order valence-corrected chi connectivity index (χ4v) is 1.12. The molecule has 0 aliphatic rings. The fourth-order valence-electron chi connectivity index (χ4n) is 0.736. The molecule has 0 fully saturated rings. The summed E-state index contributed by atoms with van der Waals surface area (Å²) in [7, 11) is 0. The third-order valence-electron chi connectivity index (χ3n) is 1.11. The highest BCUT2D eigenvalue weighted by Crippen LogP contribution is 2.23. The van der Waals surface area contributed by atoms with Crippen LogP contribution in [0.15, 0.2) is 31.9 Å². The molecule has 46 valence electrons. The Balaban J connectivity index is 2.92. The van der Waals surface area contributed by atoms with E-state index >= 15 is 0 Å². The Kier molecular flexibility index (Phi) is 0.931. The molecule has 0 amide bonds. The number of rotatable bonds is 0. The normalized spacial score (nSPS) is 10.8. The Bertz CT molecular complexity index is 292. The van der Waals surface area contributed by atoms with Crippen LogP contribution in [0.25, 0.3) is 11.2 Å². The first kappa shape index (κ1) is 5.11. The van der Waals surface area contributed by atoms with Crippen LogP contribution in [0.4, 0.5) is 0 Å². The number of halogens is 1. The predicted octanol–water partition coefficient (Wildman–Crippen LogP) is 2.79. The van der Waals surface area contributed by atoms with Crippen LogP contribution in [0, 0.1) is 0 Å². The number of furan rings is 2. The van der Waals surface area contributed by atoms with E-state index in [-0.39, 0.29) is 0 Å². The summed E-state index contributed by atoms with van der Waals surface area (Å²) in [6, 6.07) is 3.56. The molecule has 2 nitrogen and oxygen atoms in total. The molecule has 0 aliphatic heterocycles. The Morgan fingerprint density at radius 1 is 1.33 bits per heavy atom. The van der Waals surface area contributed by atoms with E-state index in [1.807, 2.05) is 0 Å². The van der Waals surface area contributed by atoms with Crippen LogP contribution < -0.4 is 0 Å². The molecular formula is C6H3BrO2. The highest BCUT2D eigenvalue weighted by Gasteiger charge is 2.01. The van der Waals surface area contributed by atoms with Gasteiger partial charge in [0.05, 0.1) is 6.26 Å². The van der Waals surface area contributed by atoms with Crippen LogP contribution in [0.1, 0.15) is 0 Å². The maximum atomic E-state index is 5.13. The Labute approximate surface area is 59.6 Å². The van der Waals surface area contributed by atoms with Crippen molar-refractivity contribution >= 4 is 27.1 Å². The zero-order chi connectivity index (χ0) is 6.27. The van der Waals surface area contributed by atoms with E-state index in [2.05, 4.69) is 15.9 Å². The molecule has 0 aliphatic carbocycles. The molecular weight excluding hydrogens is 184 g/mol. The Morgan fingerprint density at radius 2 is 2.22 bits per heavy atom. The average molecular weight is 187 g/mol. The maximum Gasteiger partial charge on any atom is 0.173 e. The topological polar surface area (TPSA) is 26.3 Å². The van der Waals surface area contributed by atoms with Gasteiger partial charge >= 0.3 is 0 Å². The van der Waals surface area contributed by atoms with Crippen LogP contribution in [0.5, 0.6) is 0 Å². The fraction of sp³-hybridized carbons (Fsp3) is 0. The van der Waals surface area contributed by atoms with E-state index in [1.54, 1.807) is 18.4 Å². The van der Waals surface area contributed by atoms with Crippen molar-refractivity contribution in [3.05, 3.63) is 23.1 Å². The van der Waals surface area contributed by atoms with E-state index in [0.717, 1.165) is 11.2 Å². The van der Waals surface area contributed by atoms with E-state index in [4.69, 9.17) is 8.83 Å². The zero-order valence-corrected chi connectivity index (χ0v) is 6.01. The molecule has 2 rings (SSSR count). The van der Waals surface area contributed by atoms with Crippen molar-refractivity contribution in [2.24, 2.45) is 0 Å². The molecule has 3 heteroatoms. The van der Waals surface area contributed by atoms with Crippen LogP contribution in [-0.2, 0) is 0 Å². The number of fused-ring (bicyclic) bond motifs is 1. The van der Waals surface area contributed by atoms with E-state index in [9.17, 15) is 0 Å². The summed E-state index contributed by atoms with van der Waals surface area (Å²) in [4.78, 5) is 0. The quantitative estimate of drug-likeness (QED) is 0.633. The second kappa shape index (κ2) is 1.64. The highest BCUT2D eigenvalue weighted by molar-refractivity contribution is 9.10. The molecule has 0 aromatic carbocycles. The van der Waals surface area contributed by atoms with Crippen molar-refractivity contribution in [3.63, 3.8) is 0 Å². The third-order valence-corrected chi connectivity index (χ3v) is 1.50. The predicted molar refractivity (Wildman–Crippen MR) is 36.2 cm³/mol. The van der Waals surface area contributed by atoms with Gasteiger partial charge in [-0.1, -0.05) is 0 Å². The molecule has 0 unspecified atom stereocenters. The summed E-state index contributed by atoms with van der Waals surface area (Å²) >= 11 is 3.18. The van der Waals surface area contributed by atoms with Gasteiger partial charge in [-0.05, 0) is 15.9 Å². The van der Waals surface area contributed by atoms with Gasteiger partial charge in [-0.25, -0.2) is 0 Å². The number of hydrogen-bond donors (Lipinski definition) is 0. The monoisotopic (exact) mass is 186 g/mol. The lowest BCUT2D eigenvalue weighted by molar-refractivity contribution is 0.587. The summed E-state index contributed by atoms with van der Waals surface area (Å²) in [6.45, 7) is 0. The summed E-state index contributed by atoms with van der Waals surface area (Å²) < 4.78 is 10.9. The van der Waals surface area contributed by atoms with Gasteiger partial charge in [0.1, 0.15) is 0 Å². The van der Waals surface area contributed by atoms with Crippen molar-refractivity contribution in [3.8, 4) is 0 Å². The smallest absolute Gasteiger partial charge is 0.173 e. The van der Waals surface area contributed by atoms with Gasteiger partial charge in [0.25, 0.3) is 0 Å². The molecule has 2 aromatic rings. The number of hydrogen-bond acceptors (Lipinski definition) is 2. The largest absolute Gasteiger partial charge is 0.461 e. The average Bonchev–Trinajstić information content (AvgIpc) is 2.22. The second-order valence-corrected chi connectivity index (χ2v) is 2.48. The van der Waals surface area contributed by atoms with Crippen molar-refractivity contribution in [2.75, 3.05) is 0 Å². The molecule has 9 heavy (non-hydrogen) atoms. The van der Waals surface area contributed by atoms with Crippen molar-refractivity contribution in [1.82, 2.24) is 0 Å². The van der Waals surface area contributed by atoms with Crippen LogP contribution in [-0.4, -0.2) is 0 Å². The first-order chi connectivity index (χ1) is 4.36. The first-order valence-electron chi connectivity index (χ1n) is 2.49.